The van der Waals surface area contributed by atoms with Gasteiger partial charge in [0.2, 0.25) is 5.91 Å². The molecule has 36 heavy (non-hydrogen) atoms. The highest BCUT2D eigenvalue weighted by Gasteiger charge is 2.24. The van der Waals surface area contributed by atoms with E-state index < -0.39 is 0 Å². The number of nitrogens with one attached hydrogen (secondary N) is 1. The molecule has 186 valence electrons. The van der Waals surface area contributed by atoms with Gasteiger partial charge in [0.25, 0.3) is 0 Å². The Balaban J connectivity index is 1.40. The minimum Gasteiger partial charge on any atom is -0.378 e. The lowest BCUT2D eigenvalue weighted by atomic mass is 9.92. The lowest BCUT2D eigenvalue weighted by Gasteiger charge is -2.31. The van der Waals surface area contributed by atoms with Gasteiger partial charge in [-0.25, -0.2) is 19.3 Å². The number of carbonyl (C=O) groups is 1. The van der Waals surface area contributed by atoms with E-state index in [1.165, 1.54) is 6.07 Å². The second-order valence-corrected chi connectivity index (χ2v) is 9.66. The third-order valence-corrected chi connectivity index (χ3v) is 7.36. The highest BCUT2D eigenvalue weighted by Crippen LogP contribution is 2.33. The van der Waals surface area contributed by atoms with E-state index >= 15 is 4.39 Å². The first kappa shape index (κ1) is 22.8. The molecule has 0 aliphatic carbocycles. The predicted octanol–water partition coefficient (Wildman–Crippen LogP) is 3.95. The van der Waals surface area contributed by atoms with Gasteiger partial charge in [-0.2, -0.15) is 0 Å². The molecule has 4 aromatic rings. The number of pyridine rings is 1. The molecule has 2 fully saturated rings. The van der Waals surface area contributed by atoms with Gasteiger partial charge in [0.15, 0.2) is 11.6 Å². The second kappa shape index (κ2) is 9.46. The number of likely N-dealkylation sites (tertiary alicyclic amines) is 1. The number of hydrogen-bond donors (Lipinski definition) is 1. The van der Waals surface area contributed by atoms with Gasteiger partial charge < -0.3 is 19.5 Å². The van der Waals surface area contributed by atoms with Crippen molar-refractivity contribution in [1.82, 2.24) is 24.8 Å². The lowest BCUT2D eigenvalue weighted by Crippen LogP contribution is -2.37. The summed E-state index contributed by atoms with van der Waals surface area (Å²) in [5, 5.41) is 0.753. The number of H-pyrrole nitrogens is 1. The number of halogens is 1. The Labute approximate surface area is 208 Å². The van der Waals surface area contributed by atoms with E-state index in [-0.39, 0.29) is 11.7 Å². The Kier molecular flexibility index (Phi) is 6.00. The second-order valence-electron chi connectivity index (χ2n) is 9.66. The van der Waals surface area contributed by atoms with Crippen molar-refractivity contribution in [2.24, 2.45) is 5.92 Å². The Morgan fingerprint density at radius 1 is 1.06 bits per heavy atom. The average molecular weight is 489 g/mol. The van der Waals surface area contributed by atoms with Crippen LogP contribution in [0.15, 0.2) is 36.5 Å². The fourth-order valence-corrected chi connectivity index (χ4v) is 5.34. The number of anilines is 1. The molecule has 2 saturated heterocycles. The number of carbonyl (C=O) groups excluding carboxylic acids is 1. The van der Waals surface area contributed by atoms with E-state index in [1.807, 2.05) is 23.1 Å². The summed E-state index contributed by atoms with van der Waals surface area (Å²) in [7, 11) is 0. The van der Waals surface area contributed by atoms with E-state index in [0.717, 1.165) is 60.3 Å². The van der Waals surface area contributed by atoms with Crippen molar-refractivity contribution in [1.29, 1.82) is 0 Å². The summed E-state index contributed by atoms with van der Waals surface area (Å²) in [6.07, 6.45) is 4.60. The van der Waals surface area contributed by atoms with Crippen LogP contribution in [0.5, 0.6) is 0 Å². The number of rotatable bonds is 4. The van der Waals surface area contributed by atoms with Crippen molar-refractivity contribution >= 4 is 33.7 Å². The van der Waals surface area contributed by atoms with Crippen LogP contribution in [-0.2, 0) is 16.0 Å². The molecule has 5 heterocycles. The zero-order valence-electron chi connectivity index (χ0n) is 20.3. The average Bonchev–Trinajstić information content (AvgIpc) is 3.38. The number of morpholine rings is 1. The van der Waals surface area contributed by atoms with Crippen molar-refractivity contribution in [2.45, 2.75) is 26.2 Å². The Bertz CT molecular complexity index is 1420. The normalized spacial score (nSPS) is 17.3. The summed E-state index contributed by atoms with van der Waals surface area (Å²) in [5.41, 5.74) is 3.66. The molecule has 0 bridgehead atoms. The lowest BCUT2D eigenvalue weighted by molar-refractivity contribution is -0.130. The molecule has 8 nitrogen and oxygen atoms in total. The number of fused-ring (bicyclic) bond motifs is 2. The van der Waals surface area contributed by atoms with Crippen LogP contribution in [0, 0.1) is 11.7 Å². The quantitative estimate of drug-likeness (QED) is 0.468. The van der Waals surface area contributed by atoms with Crippen LogP contribution < -0.4 is 4.90 Å². The number of aromatic amines is 1. The molecule has 9 heteroatoms. The van der Waals surface area contributed by atoms with Gasteiger partial charge in [0.05, 0.1) is 24.3 Å². The van der Waals surface area contributed by atoms with Gasteiger partial charge in [-0.05, 0) is 55.5 Å². The minimum atomic E-state index is -0.351. The SMILES string of the molecule is CC(=O)N1CCC(Cc2ccc3nc(-c4c(F)ccc5[nH]ccc45)nc(N4CCOCC4)c3n2)CC1. The number of piperidine rings is 1. The standard InChI is InChI=1S/C27H29FN6O2/c1-17(35)33-10-7-18(8-11-33)16-19-2-4-23-25(30-19)27(34-12-14-36-15-13-34)32-26(31-23)24-20-6-9-29-22(20)5-3-21(24)28/h2-6,9,18,29H,7-8,10-16H2,1H3. The maximum atomic E-state index is 15.1. The molecule has 1 N–H and O–H groups in total. The van der Waals surface area contributed by atoms with Crippen molar-refractivity contribution in [3.63, 3.8) is 0 Å². The zero-order chi connectivity index (χ0) is 24.6. The van der Waals surface area contributed by atoms with Gasteiger partial charge >= 0.3 is 0 Å². The third-order valence-electron chi connectivity index (χ3n) is 7.36. The van der Waals surface area contributed by atoms with Crippen LogP contribution in [0.25, 0.3) is 33.3 Å². The molecule has 2 aliphatic heterocycles. The molecule has 1 aromatic carbocycles. The van der Waals surface area contributed by atoms with E-state index in [4.69, 9.17) is 19.7 Å². The highest BCUT2D eigenvalue weighted by atomic mass is 19.1. The third kappa shape index (κ3) is 4.28. The molecule has 6 rings (SSSR count). The van der Waals surface area contributed by atoms with E-state index in [0.29, 0.717) is 49.1 Å². The van der Waals surface area contributed by atoms with Gasteiger partial charge in [0.1, 0.15) is 11.3 Å². The minimum absolute atomic E-state index is 0.146. The van der Waals surface area contributed by atoms with Gasteiger partial charge in [-0.3, -0.25) is 4.79 Å². The first-order valence-corrected chi connectivity index (χ1v) is 12.6. The van der Waals surface area contributed by atoms with Crippen molar-refractivity contribution in [2.75, 3.05) is 44.3 Å². The topological polar surface area (TPSA) is 87.2 Å². The van der Waals surface area contributed by atoms with Crippen LogP contribution in [0.4, 0.5) is 10.2 Å². The molecular formula is C27H29FN6O2. The van der Waals surface area contributed by atoms with Crippen molar-refractivity contribution < 1.29 is 13.9 Å². The van der Waals surface area contributed by atoms with Crippen LogP contribution in [0.3, 0.4) is 0 Å². The van der Waals surface area contributed by atoms with Gasteiger partial charge in [-0.1, -0.05) is 0 Å². The largest absolute Gasteiger partial charge is 0.378 e. The summed E-state index contributed by atoms with van der Waals surface area (Å²) in [6, 6.07) is 9.04. The number of aromatic nitrogens is 4. The van der Waals surface area contributed by atoms with Crippen molar-refractivity contribution in [3.05, 3.63) is 48.0 Å². The molecule has 0 spiro atoms. The maximum absolute atomic E-state index is 15.1. The zero-order valence-corrected chi connectivity index (χ0v) is 20.3. The Morgan fingerprint density at radius 2 is 1.86 bits per heavy atom. The summed E-state index contributed by atoms with van der Waals surface area (Å²) in [5.74, 6) is 1.36. The summed E-state index contributed by atoms with van der Waals surface area (Å²) < 4.78 is 20.7. The molecule has 1 amide bonds. The highest BCUT2D eigenvalue weighted by molar-refractivity contribution is 5.96. The fraction of sp³-hybridized carbons (Fsp3) is 0.407. The van der Waals surface area contributed by atoms with E-state index in [2.05, 4.69) is 9.88 Å². The monoisotopic (exact) mass is 488 g/mol. The van der Waals surface area contributed by atoms with Crippen LogP contribution in [0.1, 0.15) is 25.5 Å². The van der Waals surface area contributed by atoms with E-state index in [9.17, 15) is 4.79 Å². The van der Waals surface area contributed by atoms with Crippen LogP contribution in [0.2, 0.25) is 0 Å². The molecule has 3 aromatic heterocycles. The first-order valence-electron chi connectivity index (χ1n) is 12.6. The number of amides is 1. The smallest absolute Gasteiger partial charge is 0.219 e. The number of benzene rings is 1. The summed E-state index contributed by atoms with van der Waals surface area (Å²) >= 11 is 0. The van der Waals surface area contributed by atoms with E-state index in [1.54, 1.807) is 19.2 Å². The number of hydrogen-bond acceptors (Lipinski definition) is 6. The molecular weight excluding hydrogens is 459 g/mol. The molecule has 2 aliphatic rings. The molecule has 0 atom stereocenters. The number of nitrogens with zero attached hydrogens (tertiary/aromatic N) is 5. The predicted molar refractivity (Wildman–Crippen MR) is 136 cm³/mol. The van der Waals surface area contributed by atoms with Gasteiger partial charge in [0, 0.05) is 55.9 Å². The molecule has 0 radical (unpaired) electrons. The number of ether oxygens (including phenoxy) is 1. The molecule has 0 saturated carbocycles. The first-order chi connectivity index (χ1) is 17.6. The Morgan fingerprint density at radius 3 is 2.64 bits per heavy atom. The van der Waals surface area contributed by atoms with Crippen molar-refractivity contribution in [3.8, 4) is 11.4 Å². The van der Waals surface area contributed by atoms with Crippen LogP contribution in [-0.4, -0.2) is 70.1 Å². The molecule has 0 unspecified atom stereocenters. The maximum Gasteiger partial charge on any atom is 0.219 e. The summed E-state index contributed by atoms with van der Waals surface area (Å²) in [4.78, 5) is 33.6. The fourth-order valence-electron chi connectivity index (χ4n) is 5.34. The Hall–Kier alpha value is -3.59. The van der Waals surface area contributed by atoms with Gasteiger partial charge in [-0.15, -0.1) is 0 Å². The summed E-state index contributed by atoms with van der Waals surface area (Å²) in [6.45, 7) is 5.84. The van der Waals surface area contributed by atoms with Crippen LogP contribution >= 0.6 is 0 Å².